The summed E-state index contributed by atoms with van der Waals surface area (Å²) >= 11 is 0. The second-order valence-corrected chi connectivity index (χ2v) is 9.76. The Bertz CT molecular complexity index is 961. The predicted octanol–water partition coefficient (Wildman–Crippen LogP) is 2.86. The third-order valence-electron chi connectivity index (χ3n) is 5.76. The standard InChI is InChI=1S/C22H27N3O3S/c1-17-9-11-20(12-10-17)29(27,28)25-14-5-8-21(25)22(26)24-15-13-19(16-24)23-18-6-3-2-4-7-18/h2-4,6-7,9-12,19,21,23H,5,8,13-16H2,1H3/t19?,21-/m0/s1. The minimum atomic E-state index is -3.67. The number of sulfonamides is 1. The molecule has 2 aliphatic rings. The van der Waals surface area contributed by atoms with Gasteiger partial charge in [0.05, 0.1) is 4.90 Å². The number of rotatable bonds is 5. The fraction of sp³-hybridized carbons (Fsp3) is 0.409. The molecule has 0 aliphatic carbocycles. The van der Waals surface area contributed by atoms with E-state index in [0.29, 0.717) is 32.5 Å². The Morgan fingerprint density at radius 1 is 1.00 bits per heavy atom. The lowest BCUT2D eigenvalue weighted by molar-refractivity contribution is -0.133. The van der Waals surface area contributed by atoms with Gasteiger partial charge in [-0.05, 0) is 50.5 Å². The van der Waals surface area contributed by atoms with Crippen LogP contribution in [0.5, 0.6) is 0 Å². The number of likely N-dealkylation sites (tertiary alicyclic amines) is 1. The third kappa shape index (κ3) is 4.16. The molecule has 2 aromatic rings. The van der Waals surface area contributed by atoms with Gasteiger partial charge in [0.15, 0.2) is 0 Å². The van der Waals surface area contributed by atoms with E-state index in [1.54, 1.807) is 24.3 Å². The summed E-state index contributed by atoms with van der Waals surface area (Å²) in [7, 11) is -3.67. The number of benzene rings is 2. The molecule has 1 unspecified atom stereocenters. The first-order valence-electron chi connectivity index (χ1n) is 10.1. The normalized spacial score (nSPS) is 22.7. The summed E-state index contributed by atoms with van der Waals surface area (Å²) in [6.45, 7) is 3.57. The molecule has 6 nitrogen and oxygen atoms in total. The van der Waals surface area contributed by atoms with E-state index in [-0.39, 0.29) is 16.8 Å². The number of hydrogen-bond donors (Lipinski definition) is 1. The van der Waals surface area contributed by atoms with E-state index in [2.05, 4.69) is 5.32 Å². The number of aryl methyl sites for hydroxylation is 1. The lowest BCUT2D eigenvalue weighted by atomic mass is 10.2. The molecule has 2 saturated heterocycles. The van der Waals surface area contributed by atoms with Crippen LogP contribution in [0.1, 0.15) is 24.8 Å². The predicted molar refractivity (Wildman–Crippen MR) is 113 cm³/mol. The number of nitrogens with one attached hydrogen (secondary N) is 1. The summed E-state index contributed by atoms with van der Waals surface area (Å²) < 4.78 is 27.6. The second kappa shape index (κ2) is 8.16. The number of amides is 1. The van der Waals surface area contributed by atoms with Crippen LogP contribution in [-0.2, 0) is 14.8 Å². The van der Waals surface area contributed by atoms with Gasteiger partial charge < -0.3 is 10.2 Å². The van der Waals surface area contributed by atoms with Gasteiger partial charge in [-0.2, -0.15) is 4.31 Å². The second-order valence-electron chi connectivity index (χ2n) is 7.87. The monoisotopic (exact) mass is 413 g/mol. The fourth-order valence-electron chi connectivity index (χ4n) is 4.18. The van der Waals surface area contributed by atoms with E-state index in [1.807, 2.05) is 42.2 Å². The highest BCUT2D eigenvalue weighted by atomic mass is 32.2. The van der Waals surface area contributed by atoms with Crippen LogP contribution in [0.25, 0.3) is 0 Å². The van der Waals surface area contributed by atoms with Gasteiger partial charge in [-0.1, -0.05) is 35.9 Å². The molecule has 1 N–H and O–H groups in total. The Balaban J connectivity index is 1.45. The molecule has 0 radical (unpaired) electrons. The van der Waals surface area contributed by atoms with Gasteiger partial charge in [-0.3, -0.25) is 4.79 Å². The average Bonchev–Trinajstić information content (AvgIpc) is 3.39. The van der Waals surface area contributed by atoms with Crippen LogP contribution in [0.2, 0.25) is 0 Å². The highest BCUT2D eigenvalue weighted by Crippen LogP contribution is 2.28. The number of hydrogen-bond acceptors (Lipinski definition) is 4. The molecule has 1 amide bonds. The van der Waals surface area contributed by atoms with Crippen molar-refractivity contribution in [3.63, 3.8) is 0 Å². The van der Waals surface area contributed by atoms with Crippen molar-refractivity contribution in [3.8, 4) is 0 Å². The van der Waals surface area contributed by atoms with E-state index in [4.69, 9.17) is 0 Å². The van der Waals surface area contributed by atoms with Crippen LogP contribution in [0.4, 0.5) is 5.69 Å². The Hall–Kier alpha value is -2.38. The zero-order chi connectivity index (χ0) is 20.4. The van der Waals surface area contributed by atoms with E-state index in [0.717, 1.165) is 17.7 Å². The molecule has 0 aromatic heterocycles. The van der Waals surface area contributed by atoms with Crippen LogP contribution < -0.4 is 5.32 Å². The van der Waals surface area contributed by atoms with Crippen LogP contribution in [0, 0.1) is 6.92 Å². The molecule has 7 heteroatoms. The summed E-state index contributed by atoms with van der Waals surface area (Å²) in [5.41, 5.74) is 2.04. The summed E-state index contributed by atoms with van der Waals surface area (Å²) in [5, 5.41) is 3.46. The van der Waals surface area contributed by atoms with Crippen LogP contribution in [0.15, 0.2) is 59.5 Å². The highest BCUT2D eigenvalue weighted by molar-refractivity contribution is 7.89. The van der Waals surface area contributed by atoms with Gasteiger partial charge in [0.1, 0.15) is 6.04 Å². The minimum absolute atomic E-state index is 0.0736. The highest BCUT2D eigenvalue weighted by Gasteiger charge is 2.42. The Morgan fingerprint density at radius 3 is 2.45 bits per heavy atom. The summed E-state index contributed by atoms with van der Waals surface area (Å²) in [4.78, 5) is 15.3. The molecule has 2 fully saturated rings. The Morgan fingerprint density at radius 2 is 1.72 bits per heavy atom. The number of anilines is 1. The summed E-state index contributed by atoms with van der Waals surface area (Å²) in [6, 6.07) is 16.4. The van der Waals surface area contributed by atoms with E-state index < -0.39 is 16.1 Å². The quantitative estimate of drug-likeness (QED) is 0.818. The van der Waals surface area contributed by atoms with Gasteiger partial charge in [0.25, 0.3) is 0 Å². The number of nitrogens with zero attached hydrogens (tertiary/aromatic N) is 2. The van der Waals surface area contributed by atoms with E-state index in [9.17, 15) is 13.2 Å². The topological polar surface area (TPSA) is 69.7 Å². The Labute approximate surface area is 172 Å². The lowest BCUT2D eigenvalue weighted by Crippen LogP contribution is -2.47. The smallest absolute Gasteiger partial charge is 0.243 e. The van der Waals surface area contributed by atoms with Crippen molar-refractivity contribution >= 4 is 21.6 Å². The largest absolute Gasteiger partial charge is 0.380 e. The number of para-hydroxylation sites is 1. The van der Waals surface area contributed by atoms with Gasteiger partial charge >= 0.3 is 0 Å². The lowest BCUT2D eigenvalue weighted by Gasteiger charge is -2.27. The molecule has 2 aromatic carbocycles. The maximum atomic E-state index is 13.2. The maximum absolute atomic E-state index is 13.2. The molecule has 2 aliphatic heterocycles. The summed E-state index contributed by atoms with van der Waals surface area (Å²) in [5.74, 6) is -0.0736. The van der Waals surface area contributed by atoms with Gasteiger partial charge in [-0.25, -0.2) is 8.42 Å². The van der Waals surface area contributed by atoms with Crippen molar-refractivity contribution < 1.29 is 13.2 Å². The zero-order valence-corrected chi connectivity index (χ0v) is 17.4. The van der Waals surface area contributed by atoms with Crippen LogP contribution in [-0.4, -0.2) is 55.2 Å². The third-order valence-corrected chi connectivity index (χ3v) is 7.68. The molecule has 154 valence electrons. The van der Waals surface area contributed by atoms with E-state index in [1.165, 1.54) is 4.31 Å². The minimum Gasteiger partial charge on any atom is -0.380 e. The van der Waals surface area contributed by atoms with Crippen molar-refractivity contribution in [1.82, 2.24) is 9.21 Å². The molecule has 2 heterocycles. The molecular formula is C22H27N3O3S. The van der Waals surface area contributed by atoms with Gasteiger partial charge in [0.2, 0.25) is 15.9 Å². The molecule has 29 heavy (non-hydrogen) atoms. The molecule has 4 rings (SSSR count). The molecule has 0 bridgehead atoms. The van der Waals surface area contributed by atoms with E-state index >= 15 is 0 Å². The van der Waals surface area contributed by atoms with Crippen molar-refractivity contribution in [2.24, 2.45) is 0 Å². The SMILES string of the molecule is Cc1ccc(S(=O)(=O)N2CCC[C@H]2C(=O)N2CCC(Nc3ccccc3)C2)cc1. The number of carbonyl (C=O) groups excluding carboxylic acids is 1. The molecule has 2 atom stereocenters. The van der Waals surface area contributed by atoms with Crippen molar-refractivity contribution in [2.75, 3.05) is 25.0 Å². The first-order chi connectivity index (χ1) is 13.9. The fourth-order valence-corrected chi connectivity index (χ4v) is 5.83. The first-order valence-corrected chi connectivity index (χ1v) is 11.6. The molecular weight excluding hydrogens is 386 g/mol. The van der Waals surface area contributed by atoms with Crippen molar-refractivity contribution in [1.29, 1.82) is 0 Å². The summed E-state index contributed by atoms with van der Waals surface area (Å²) in [6.07, 6.45) is 2.15. The maximum Gasteiger partial charge on any atom is 0.243 e. The molecule has 0 saturated carbocycles. The number of carbonyl (C=O) groups is 1. The van der Waals surface area contributed by atoms with Gasteiger partial charge in [0, 0.05) is 31.4 Å². The van der Waals surface area contributed by atoms with Crippen LogP contribution in [0.3, 0.4) is 0 Å². The Kier molecular flexibility index (Phi) is 5.61. The van der Waals surface area contributed by atoms with Gasteiger partial charge in [-0.15, -0.1) is 0 Å². The first kappa shape index (κ1) is 19.9. The van der Waals surface area contributed by atoms with Crippen LogP contribution >= 0.6 is 0 Å². The van der Waals surface area contributed by atoms with Crippen molar-refractivity contribution in [3.05, 3.63) is 60.2 Å². The zero-order valence-electron chi connectivity index (χ0n) is 16.6. The van der Waals surface area contributed by atoms with Crippen molar-refractivity contribution in [2.45, 2.75) is 43.2 Å². The average molecular weight is 414 g/mol. The molecule has 0 spiro atoms.